The number of unbranched alkanes of at least 4 members (excludes halogenated alkanes) is 1. The first-order valence-corrected chi connectivity index (χ1v) is 18.0. The number of benzene rings is 1. The molecule has 0 aliphatic carbocycles. The first kappa shape index (κ1) is 38.5. The number of esters is 1. The Hall–Kier alpha value is -4.24. The summed E-state index contributed by atoms with van der Waals surface area (Å²) in [6.07, 6.45) is -1.17. The summed E-state index contributed by atoms with van der Waals surface area (Å²) in [5.74, 6) is -11.0. The molecule has 2 saturated heterocycles. The molecule has 4 aromatic rings. The molecule has 0 amide bonds. The molecule has 0 saturated carbocycles. The van der Waals surface area contributed by atoms with E-state index < -0.39 is 73.0 Å². The first-order valence-electron chi connectivity index (χ1n) is 17.6. The van der Waals surface area contributed by atoms with Crippen LogP contribution < -0.4 is 15.0 Å². The minimum Gasteiger partial charge on any atom is -0.477 e. The van der Waals surface area contributed by atoms with E-state index in [0.717, 1.165) is 25.1 Å². The molecule has 2 unspecified atom stereocenters. The number of carbonyl (C=O) groups is 2. The zero-order valence-corrected chi connectivity index (χ0v) is 30.6. The fraction of sp³-hybridized carbons (Fsp3) is 0.541. The van der Waals surface area contributed by atoms with Gasteiger partial charge in [-0.3, -0.25) is 0 Å². The maximum absolute atomic E-state index is 15.9. The van der Waals surface area contributed by atoms with E-state index in [1.54, 1.807) is 45.0 Å². The van der Waals surface area contributed by atoms with Crippen LogP contribution in [0.15, 0.2) is 40.9 Å². The minimum absolute atomic E-state index is 0.00781. The lowest BCUT2D eigenvalue weighted by molar-refractivity contribution is -0.166. The molecule has 5 heterocycles. The Morgan fingerprint density at radius 3 is 2.57 bits per heavy atom. The van der Waals surface area contributed by atoms with Gasteiger partial charge in [0.15, 0.2) is 11.4 Å². The molecule has 53 heavy (non-hydrogen) atoms. The Bertz CT molecular complexity index is 1990. The fourth-order valence-corrected chi connectivity index (χ4v) is 7.16. The Morgan fingerprint density at radius 2 is 1.85 bits per heavy atom. The molecule has 0 spiro atoms. The van der Waals surface area contributed by atoms with Gasteiger partial charge in [-0.1, -0.05) is 30.7 Å². The SMILES string of the molecule is C[C@H]1CNCCC1c1cc(Cl)cnc1OC1C[C@@H](C(=O)OC(C)(C)C)N(c2nc(C(F)(F)CCCCC(F)(F)C(=O)O)nc3c2oc2ccccc23)C1. The number of piperidine rings is 1. The van der Waals surface area contributed by atoms with Crippen molar-refractivity contribution < 1.29 is 46.1 Å². The molecule has 0 bridgehead atoms. The summed E-state index contributed by atoms with van der Waals surface area (Å²) in [6, 6.07) is 7.52. The second-order valence-electron chi connectivity index (χ2n) is 14.9. The number of furan rings is 1. The highest BCUT2D eigenvalue weighted by molar-refractivity contribution is 6.30. The number of nitrogens with one attached hydrogen (secondary N) is 1. The Kier molecular flexibility index (Phi) is 10.8. The lowest BCUT2D eigenvalue weighted by atomic mass is 9.83. The molecule has 0 radical (unpaired) electrons. The number of ether oxygens (including phenoxy) is 2. The van der Waals surface area contributed by atoms with Gasteiger partial charge in [0.05, 0.1) is 11.6 Å². The number of aromatic nitrogens is 3. The Morgan fingerprint density at radius 1 is 1.11 bits per heavy atom. The second kappa shape index (κ2) is 14.9. The predicted molar refractivity (Wildman–Crippen MR) is 189 cm³/mol. The van der Waals surface area contributed by atoms with Gasteiger partial charge in [0, 0.05) is 36.4 Å². The van der Waals surface area contributed by atoms with Gasteiger partial charge in [0.1, 0.15) is 28.8 Å². The first-order chi connectivity index (χ1) is 24.9. The highest BCUT2D eigenvalue weighted by atomic mass is 35.5. The average molecular weight is 764 g/mol. The van der Waals surface area contributed by atoms with Crippen molar-refractivity contribution in [2.45, 2.75) is 102 Å². The van der Waals surface area contributed by atoms with Crippen molar-refractivity contribution in [3.63, 3.8) is 0 Å². The van der Waals surface area contributed by atoms with Crippen molar-refractivity contribution >= 4 is 51.4 Å². The third-order valence-corrected chi connectivity index (χ3v) is 9.80. The molecule has 2 N–H and O–H groups in total. The summed E-state index contributed by atoms with van der Waals surface area (Å²) in [6.45, 7) is 8.90. The lowest BCUT2D eigenvalue weighted by Gasteiger charge is -2.31. The van der Waals surface area contributed by atoms with E-state index in [0.29, 0.717) is 21.9 Å². The molecule has 4 atom stereocenters. The Balaban J connectivity index is 1.38. The number of aliphatic carboxylic acids is 1. The van der Waals surface area contributed by atoms with E-state index in [1.165, 1.54) is 11.1 Å². The van der Waals surface area contributed by atoms with Gasteiger partial charge in [0.25, 0.3) is 0 Å². The van der Waals surface area contributed by atoms with E-state index >= 15 is 8.78 Å². The number of carbonyl (C=O) groups excluding carboxylic acids is 1. The second-order valence-corrected chi connectivity index (χ2v) is 15.3. The number of carboxylic acid groups (broad SMARTS) is 1. The van der Waals surface area contributed by atoms with Crippen LogP contribution in [0.25, 0.3) is 22.1 Å². The van der Waals surface area contributed by atoms with Gasteiger partial charge >= 0.3 is 23.8 Å². The van der Waals surface area contributed by atoms with E-state index in [4.69, 9.17) is 30.6 Å². The molecule has 11 nitrogen and oxygen atoms in total. The van der Waals surface area contributed by atoms with Crippen LogP contribution in [0, 0.1) is 5.92 Å². The molecular formula is C37H42ClF4N5O6. The van der Waals surface area contributed by atoms with Crippen molar-refractivity contribution in [2.24, 2.45) is 5.92 Å². The average Bonchev–Trinajstić information content (AvgIpc) is 3.68. The maximum Gasteiger partial charge on any atom is 0.374 e. The summed E-state index contributed by atoms with van der Waals surface area (Å²) < 4.78 is 77.7. The molecule has 2 fully saturated rings. The Labute approximate surface area is 308 Å². The van der Waals surface area contributed by atoms with Gasteiger partial charge in [-0.25, -0.2) is 24.5 Å². The van der Waals surface area contributed by atoms with Crippen molar-refractivity contribution in [1.82, 2.24) is 20.3 Å². The smallest absolute Gasteiger partial charge is 0.374 e. The standard InChI is InChI=1S/C37H42ClF4N5O6/c1-20-17-43-14-11-23(20)25-15-21(38)18-44-31(25)51-22-16-26(32(48)53-35(2,3)4)47(19-22)30-29-28(24-9-5-6-10-27(24)52-29)45-33(46-30)36(39,40)12-7-8-13-37(41,42)34(49)50/h5-6,9-10,15,18,20,22-23,26,43H,7-8,11-14,16-17,19H2,1-4H3,(H,49,50)/t20-,22?,23?,26-/m0/s1. The summed E-state index contributed by atoms with van der Waals surface area (Å²) in [5.41, 5.74) is 0.444. The van der Waals surface area contributed by atoms with E-state index in [1.807, 2.05) is 6.07 Å². The number of hydrogen-bond acceptors (Lipinski definition) is 10. The zero-order valence-electron chi connectivity index (χ0n) is 29.8. The van der Waals surface area contributed by atoms with Crippen LogP contribution in [-0.4, -0.2) is 75.3 Å². The molecule has 3 aromatic heterocycles. The largest absolute Gasteiger partial charge is 0.477 e. The fourth-order valence-electron chi connectivity index (χ4n) is 7.00. The van der Waals surface area contributed by atoms with Crippen LogP contribution in [0.3, 0.4) is 0 Å². The van der Waals surface area contributed by atoms with Crippen LogP contribution in [0.1, 0.15) is 83.5 Å². The highest BCUT2D eigenvalue weighted by Crippen LogP contribution is 2.42. The summed E-state index contributed by atoms with van der Waals surface area (Å²) in [7, 11) is 0. The summed E-state index contributed by atoms with van der Waals surface area (Å²) in [5, 5.41) is 13.0. The van der Waals surface area contributed by atoms with Crippen LogP contribution in [-0.2, 0) is 20.2 Å². The van der Waals surface area contributed by atoms with Crippen molar-refractivity contribution in [1.29, 1.82) is 0 Å². The summed E-state index contributed by atoms with van der Waals surface area (Å²) in [4.78, 5) is 39.3. The van der Waals surface area contributed by atoms with Crippen LogP contribution in [0.2, 0.25) is 5.02 Å². The molecule has 6 rings (SSSR count). The number of rotatable bonds is 12. The minimum atomic E-state index is -4.03. The molecular weight excluding hydrogens is 722 g/mol. The third kappa shape index (κ3) is 8.45. The molecule has 286 valence electrons. The van der Waals surface area contributed by atoms with Crippen molar-refractivity contribution in [2.75, 3.05) is 24.5 Å². The quantitative estimate of drug-likeness (QED) is 0.0828. The maximum atomic E-state index is 15.9. The van der Waals surface area contributed by atoms with Gasteiger partial charge in [0.2, 0.25) is 11.7 Å². The molecule has 2 aliphatic rings. The molecule has 16 heteroatoms. The summed E-state index contributed by atoms with van der Waals surface area (Å²) >= 11 is 6.40. The van der Waals surface area contributed by atoms with E-state index in [9.17, 15) is 18.4 Å². The van der Waals surface area contributed by atoms with Crippen LogP contribution in [0.5, 0.6) is 5.88 Å². The zero-order chi connectivity index (χ0) is 38.3. The monoisotopic (exact) mass is 763 g/mol. The van der Waals surface area contributed by atoms with Crippen molar-refractivity contribution in [3.8, 4) is 5.88 Å². The molecule has 2 aliphatic heterocycles. The van der Waals surface area contributed by atoms with Crippen LogP contribution >= 0.6 is 11.6 Å². The predicted octanol–water partition coefficient (Wildman–Crippen LogP) is 7.88. The number of fused-ring (bicyclic) bond motifs is 3. The number of alkyl halides is 4. The van der Waals surface area contributed by atoms with Crippen LogP contribution in [0.4, 0.5) is 23.4 Å². The van der Waals surface area contributed by atoms with E-state index in [-0.39, 0.29) is 41.7 Å². The number of para-hydroxylation sites is 1. The van der Waals surface area contributed by atoms with Gasteiger partial charge in [-0.05, 0) is 83.2 Å². The topological polar surface area (TPSA) is 140 Å². The number of nitrogens with zero attached hydrogens (tertiary/aromatic N) is 4. The van der Waals surface area contributed by atoms with E-state index in [2.05, 4.69) is 27.2 Å². The van der Waals surface area contributed by atoms with Crippen molar-refractivity contribution in [3.05, 3.63) is 52.9 Å². The molecule has 1 aromatic carbocycles. The number of hydrogen-bond donors (Lipinski definition) is 2. The van der Waals surface area contributed by atoms with Gasteiger partial charge < -0.3 is 29.2 Å². The lowest BCUT2D eigenvalue weighted by Crippen LogP contribution is -2.41. The van der Waals surface area contributed by atoms with Gasteiger partial charge in [-0.15, -0.1) is 0 Å². The number of carboxylic acids is 1. The third-order valence-electron chi connectivity index (χ3n) is 9.60. The number of pyridine rings is 1. The number of anilines is 1. The normalized spacial score (nSPS) is 21.3. The number of halogens is 5. The highest BCUT2D eigenvalue weighted by Gasteiger charge is 2.45. The van der Waals surface area contributed by atoms with Gasteiger partial charge in [-0.2, -0.15) is 17.6 Å².